The summed E-state index contributed by atoms with van der Waals surface area (Å²) < 4.78 is 14.9. The highest BCUT2D eigenvalue weighted by molar-refractivity contribution is 5.93. The lowest BCUT2D eigenvalue weighted by molar-refractivity contribution is 0.0925. The second kappa shape index (κ2) is 7.26. The average Bonchev–Trinajstić information content (AvgIpc) is 3.32. The number of hydrogen-bond donors (Lipinski definition) is 2. The number of carbonyl (C=O) groups excluding carboxylic acids is 1. The zero-order valence-electron chi connectivity index (χ0n) is 15.2. The highest BCUT2D eigenvalue weighted by Crippen LogP contribution is 2.24. The molecule has 2 N–H and O–H groups in total. The Balaban J connectivity index is 1.43. The van der Waals surface area contributed by atoms with Crippen LogP contribution in [0, 0.1) is 5.82 Å². The van der Waals surface area contributed by atoms with Crippen molar-refractivity contribution >= 4 is 11.7 Å². The number of piperidine rings is 1. The smallest absolute Gasteiger partial charge is 0.268 e. The van der Waals surface area contributed by atoms with Crippen molar-refractivity contribution in [2.75, 3.05) is 18.0 Å². The van der Waals surface area contributed by atoms with E-state index in [-0.39, 0.29) is 17.8 Å². The fourth-order valence-corrected chi connectivity index (χ4v) is 3.51. The molecular weight excluding hydrogens is 345 g/mol. The van der Waals surface area contributed by atoms with Crippen LogP contribution in [0.5, 0.6) is 0 Å². The lowest BCUT2D eigenvalue weighted by Crippen LogP contribution is -2.48. The van der Waals surface area contributed by atoms with Crippen molar-refractivity contribution in [3.8, 4) is 11.3 Å². The van der Waals surface area contributed by atoms with Gasteiger partial charge in [-0.1, -0.05) is 0 Å². The van der Waals surface area contributed by atoms with Crippen molar-refractivity contribution in [1.29, 1.82) is 0 Å². The van der Waals surface area contributed by atoms with Gasteiger partial charge in [0.25, 0.3) is 5.91 Å². The Bertz CT molecular complexity index is 930. The van der Waals surface area contributed by atoms with E-state index in [1.807, 2.05) is 36.0 Å². The largest absolute Gasteiger partial charge is 0.353 e. The molecule has 1 aliphatic heterocycles. The third-order valence-corrected chi connectivity index (χ3v) is 4.98. The molecule has 0 bridgehead atoms. The molecule has 0 radical (unpaired) electrons. The van der Waals surface area contributed by atoms with E-state index >= 15 is 0 Å². The Kier molecular flexibility index (Phi) is 4.66. The topological polar surface area (TPSA) is 66.0 Å². The minimum absolute atomic E-state index is 0.0524. The van der Waals surface area contributed by atoms with Crippen LogP contribution in [0.15, 0.2) is 48.7 Å². The molecule has 4 rings (SSSR count). The monoisotopic (exact) mass is 367 g/mol. The van der Waals surface area contributed by atoms with Crippen LogP contribution in [0.1, 0.15) is 23.3 Å². The molecule has 1 atom stereocenters. The van der Waals surface area contributed by atoms with E-state index in [2.05, 4.69) is 20.4 Å². The van der Waals surface area contributed by atoms with E-state index in [0.29, 0.717) is 12.2 Å². The summed E-state index contributed by atoms with van der Waals surface area (Å²) in [6.45, 7) is 1.61. The van der Waals surface area contributed by atoms with Gasteiger partial charge in [0.2, 0.25) is 0 Å². The van der Waals surface area contributed by atoms with Crippen LogP contribution in [0.3, 0.4) is 0 Å². The third kappa shape index (κ3) is 3.72. The first-order valence-electron chi connectivity index (χ1n) is 9.08. The number of H-pyrrole nitrogens is 1. The SMILES string of the molecule is Cn1cccc1C(=O)NC1CCCN(c2cc(-c3ccc(F)cc3)[nH]n2)C1. The van der Waals surface area contributed by atoms with Gasteiger partial charge in [0.15, 0.2) is 5.82 Å². The summed E-state index contributed by atoms with van der Waals surface area (Å²) in [6.07, 6.45) is 3.79. The molecule has 3 aromatic rings. The van der Waals surface area contributed by atoms with Crippen LogP contribution in [0.4, 0.5) is 10.2 Å². The van der Waals surface area contributed by atoms with Crippen LogP contribution in [-0.2, 0) is 7.05 Å². The van der Waals surface area contributed by atoms with E-state index in [9.17, 15) is 9.18 Å². The van der Waals surface area contributed by atoms with Gasteiger partial charge >= 0.3 is 0 Å². The van der Waals surface area contributed by atoms with Gasteiger partial charge in [-0.3, -0.25) is 9.89 Å². The minimum Gasteiger partial charge on any atom is -0.353 e. The molecule has 0 saturated carbocycles. The first kappa shape index (κ1) is 17.3. The summed E-state index contributed by atoms with van der Waals surface area (Å²) in [6, 6.07) is 12.1. The molecule has 1 fully saturated rings. The lowest BCUT2D eigenvalue weighted by Gasteiger charge is -2.33. The number of anilines is 1. The number of aryl methyl sites for hydroxylation is 1. The number of carbonyl (C=O) groups is 1. The standard InChI is InChI=1S/C20H22FN5O/c1-25-10-3-5-18(25)20(27)22-16-4-2-11-26(13-16)19-12-17(23-24-19)14-6-8-15(21)9-7-14/h3,5-10,12,16H,2,4,11,13H2,1H3,(H,22,27)(H,23,24). The van der Waals surface area contributed by atoms with Crippen molar-refractivity contribution < 1.29 is 9.18 Å². The number of benzene rings is 1. The Morgan fingerprint density at radius 1 is 1.30 bits per heavy atom. The molecule has 2 aromatic heterocycles. The van der Waals surface area contributed by atoms with Crippen LogP contribution in [0.25, 0.3) is 11.3 Å². The highest BCUT2D eigenvalue weighted by Gasteiger charge is 2.24. The number of halogens is 1. The Morgan fingerprint density at radius 3 is 2.85 bits per heavy atom. The summed E-state index contributed by atoms with van der Waals surface area (Å²) in [5.41, 5.74) is 2.39. The first-order chi connectivity index (χ1) is 13.1. The molecule has 6 nitrogen and oxygen atoms in total. The van der Waals surface area contributed by atoms with Crippen molar-refractivity contribution in [1.82, 2.24) is 20.1 Å². The molecule has 3 heterocycles. The molecule has 1 aromatic carbocycles. The van der Waals surface area contributed by atoms with Crippen molar-refractivity contribution in [3.05, 3.63) is 60.2 Å². The number of aromatic nitrogens is 3. The summed E-state index contributed by atoms with van der Waals surface area (Å²) >= 11 is 0. The predicted octanol–water partition coefficient (Wildman–Crippen LogP) is 2.95. The van der Waals surface area contributed by atoms with Gasteiger partial charge < -0.3 is 14.8 Å². The summed E-state index contributed by atoms with van der Waals surface area (Å²) in [5.74, 6) is 0.529. The molecule has 1 aliphatic rings. The van der Waals surface area contributed by atoms with Gasteiger partial charge in [0, 0.05) is 38.4 Å². The fourth-order valence-electron chi connectivity index (χ4n) is 3.51. The van der Waals surface area contributed by atoms with Gasteiger partial charge in [-0.15, -0.1) is 0 Å². The van der Waals surface area contributed by atoms with E-state index in [1.54, 1.807) is 12.1 Å². The molecule has 0 spiro atoms. The number of hydrogen-bond acceptors (Lipinski definition) is 3. The van der Waals surface area contributed by atoms with Gasteiger partial charge in [-0.2, -0.15) is 5.10 Å². The third-order valence-electron chi connectivity index (χ3n) is 4.98. The maximum absolute atomic E-state index is 13.1. The van der Waals surface area contributed by atoms with Crippen molar-refractivity contribution in [2.24, 2.45) is 7.05 Å². The zero-order valence-corrected chi connectivity index (χ0v) is 15.2. The number of aromatic amines is 1. The fraction of sp³-hybridized carbons (Fsp3) is 0.300. The molecule has 0 aliphatic carbocycles. The number of nitrogens with one attached hydrogen (secondary N) is 2. The van der Waals surface area contributed by atoms with Crippen LogP contribution < -0.4 is 10.2 Å². The zero-order chi connectivity index (χ0) is 18.8. The second-order valence-corrected chi connectivity index (χ2v) is 6.91. The Labute approximate surface area is 157 Å². The van der Waals surface area contributed by atoms with Crippen molar-refractivity contribution in [3.63, 3.8) is 0 Å². The summed E-state index contributed by atoms with van der Waals surface area (Å²) in [7, 11) is 1.86. The lowest BCUT2D eigenvalue weighted by atomic mass is 10.1. The van der Waals surface area contributed by atoms with E-state index in [0.717, 1.165) is 36.5 Å². The molecule has 27 heavy (non-hydrogen) atoms. The summed E-state index contributed by atoms with van der Waals surface area (Å²) in [5, 5.41) is 10.6. The first-order valence-corrected chi connectivity index (χ1v) is 9.08. The van der Waals surface area contributed by atoms with Crippen LogP contribution in [0.2, 0.25) is 0 Å². The molecule has 7 heteroatoms. The number of nitrogens with zero attached hydrogens (tertiary/aromatic N) is 3. The van der Waals surface area contributed by atoms with Gasteiger partial charge in [0.1, 0.15) is 11.5 Å². The van der Waals surface area contributed by atoms with Crippen molar-refractivity contribution in [2.45, 2.75) is 18.9 Å². The van der Waals surface area contributed by atoms with E-state index in [4.69, 9.17) is 0 Å². The second-order valence-electron chi connectivity index (χ2n) is 6.91. The Morgan fingerprint density at radius 2 is 2.11 bits per heavy atom. The predicted molar refractivity (Wildman–Crippen MR) is 102 cm³/mol. The summed E-state index contributed by atoms with van der Waals surface area (Å²) in [4.78, 5) is 14.6. The quantitative estimate of drug-likeness (QED) is 0.745. The Hall–Kier alpha value is -3.09. The highest BCUT2D eigenvalue weighted by atomic mass is 19.1. The normalized spacial score (nSPS) is 17.1. The molecular formula is C20H22FN5O. The van der Waals surface area contributed by atoms with Gasteiger partial charge in [0.05, 0.1) is 5.69 Å². The van der Waals surface area contributed by atoms with Crippen LogP contribution >= 0.6 is 0 Å². The van der Waals surface area contributed by atoms with E-state index in [1.165, 1.54) is 12.1 Å². The molecule has 1 saturated heterocycles. The molecule has 1 amide bonds. The molecule has 140 valence electrons. The molecule has 1 unspecified atom stereocenters. The van der Waals surface area contributed by atoms with Gasteiger partial charge in [-0.05, 0) is 54.8 Å². The maximum atomic E-state index is 13.1. The minimum atomic E-state index is -0.258. The maximum Gasteiger partial charge on any atom is 0.268 e. The average molecular weight is 367 g/mol. The number of rotatable bonds is 4. The number of amides is 1. The van der Waals surface area contributed by atoms with Crippen LogP contribution in [-0.4, -0.2) is 39.8 Å². The van der Waals surface area contributed by atoms with E-state index < -0.39 is 0 Å². The van der Waals surface area contributed by atoms with Gasteiger partial charge in [-0.25, -0.2) is 4.39 Å².